The van der Waals surface area contributed by atoms with Gasteiger partial charge in [0, 0.05) is 18.5 Å². The lowest BCUT2D eigenvalue weighted by molar-refractivity contribution is 0.575. The summed E-state index contributed by atoms with van der Waals surface area (Å²) in [6, 6.07) is 3.59. The first-order valence-electron chi connectivity index (χ1n) is 5.50. The predicted molar refractivity (Wildman–Crippen MR) is 58.3 cm³/mol. The van der Waals surface area contributed by atoms with Crippen LogP contribution in [0.25, 0.3) is 5.65 Å². The Morgan fingerprint density at radius 1 is 1.44 bits per heavy atom. The third-order valence-electron chi connectivity index (χ3n) is 2.95. The normalized spacial score (nSPS) is 20.6. The van der Waals surface area contributed by atoms with Crippen molar-refractivity contribution in [2.24, 2.45) is 0 Å². The first-order valence-corrected chi connectivity index (χ1v) is 5.50. The third kappa shape index (κ3) is 1.61. The number of hydrogen-bond acceptors (Lipinski definition) is 4. The van der Waals surface area contributed by atoms with Gasteiger partial charge in [-0.05, 0) is 25.5 Å². The minimum atomic E-state index is -0.132. The van der Waals surface area contributed by atoms with Gasteiger partial charge >= 0.3 is 0 Å². The molecular formula is C10H13N5O. The van der Waals surface area contributed by atoms with Gasteiger partial charge in [-0.15, -0.1) is 10.2 Å². The van der Waals surface area contributed by atoms with E-state index in [4.69, 9.17) is 0 Å². The van der Waals surface area contributed by atoms with Crippen LogP contribution in [0.4, 0.5) is 0 Å². The van der Waals surface area contributed by atoms with Gasteiger partial charge in [0.15, 0.2) is 11.5 Å². The third-order valence-corrected chi connectivity index (χ3v) is 2.95. The summed E-state index contributed by atoms with van der Waals surface area (Å²) >= 11 is 0. The standard InChI is InChI=1S/C10H13N5O/c16-10-4-3-8-12-13-9(15(8)14-10)6-7-2-1-5-11-7/h3-4,7,11H,1-2,5-6H2,(H,14,16). The maximum atomic E-state index is 11.2. The van der Waals surface area contributed by atoms with Gasteiger partial charge < -0.3 is 5.32 Å². The summed E-state index contributed by atoms with van der Waals surface area (Å²) in [5, 5.41) is 14.2. The lowest BCUT2D eigenvalue weighted by Gasteiger charge is -2.07. The molecule has 0 aliphatic carbocycles. The van der Waals surface area contributed by atoms with Crippen molar-refractivity contribution >= 4 is 5.65 Å². The average Bonchev–Trinajstić information content (AvgIpc) is 2.90. The van der Waals surface area contributed by atoms with E-state index in [0.29, 0.717) is 11.7 Å². The smallest absolute Gasteiger partial charge is 0.263 e. The molecule has 2 aromatic rings. The van der Waals surface area contributed by atoms with Gasteiger partial charge in [0.05, 0.1) is 0 Å². The first-order chi connectivity index (χ1) is 7.83. The summed E-state index contributed by atoms with van der Waals surface area (Å²) in [7, 11) is 0. The van der Waals surface area contributed by atoms with Crippen molar-refractivity contribution in [1.29, 1.82) is 0 Å². The van der Waals surface area contributed by atoms with Crippen LogP contribution >= 0.6 is 0 Å². The van der Waals surface area contributed by atoms with Crippen LogP contribution < -0.4 is 10.9 Å². The van der Waals surface area contributed by atoms with Crippen molar-refractivity contribution in [3.05, 3.63) is 28.3 Å². The summed E-state index contributed by atoms with van der Waals surface area (Å²) in [6.45, 7) is 1.07. The number of aromatic amines is 1. The molecule has 1 atom stereocenters. The van der Waals surface area contributed by atoms with Gasteiger partial charge in [-0.25, -0.2) is 4.52 Å². The monoisotopic (exact) mass is 219 g/mol. The number of nitrogens with zero attached hydrogens (tertiary/aromatic N) is 3. The Morgan fingerprint density at radius 2 is 2.38 bits per heavy atom. The van der Waals surface area contributed by atoms with Gasteiger partial charge in [-0.1, -0.05) is 0 Å². The Hall–Kier alpha value is -1.69. The molecule has 0 saturated carbocycles. The van der Waals surface area contributed by atoms with Crippen LogP contribution in [0.1, 0.15) is 18.7 Å². The minimum Gasteiger partial charge on any atom is -0.314 e. The largest absolute Gasteiger partial charge is 0.314 e. The Labute approximate surface area is 91.7 Å². The predicted octanol–water partition coefficient (Wildman–Crippen LogP) is -0.288. The molecule has 16 heavy (non-hydrogen) atoms. The van der Waals surface area contributed by atoms with Gasteiger partial charge in [0.25, 0.3) is 5.56 Å². The fraction of sp³-hybridized carbons (Fsp3) is 0.500. The molecule has 0 amide bonds. The molecule has 1 fully saturated rings. The lowest BCUT2D eigenvalue weighted by Crippen LogP contribution is -2.25. The van der Waals surface area contributed by atoms with Crippen LogP contribution in [0.15, 0.2) is 16.9 Å². The van der Waals surface area contributed by atoms with E-state index in [1.807, 2.05) is 0 Å². The van der Waals surface area contributed by atoms with Crippen LogP contribution in [0.3, 0.4) is 0 Å². The number of nitrogens with one attached hydrogen (secondary N) is 2. The summed E-state index contributed by atoms with van der Waals surface area (Å²) in [4.78, 5) is 11.2. The molecule has 0 spiro atoms. The number of fused-ring (bicyclic) bond motifs is 1. The van der Waals surface area contributed by atoms with E-state index >= 15 is 0 Å². The maximum absolute atomic E-state index is 11.2. The Morgan fingerprint density at radius 3 is 3.19 bits per heavy atom. The van der Waals surface area contributed by atoms with Crippen molar-refractivity contribution in [2.45, 2.75) is 25.3 Å². The lowest BCUT2D eigenvalue weighted by atomic mass is 10.1. The topological polar surface area (TPSA) is 75.1 Å². The molecule has 84 valence electrons. The molecule has 1 saturated heterocycles. The van der Waals surface area contributed by atoms with E-state index in [0.717, 1.165) is 25.2 Å². The molecule has 2 N–H and O–H groups in total. The average molecular weight is 219 g/mol. The molecule has 3 heterocycles. The van der Waals surface area contributed by atoms with Crippen molar-refractivity contribution in [3.8, 4) is 0 Å². The molecule has 1 unspecified atom stereocenters. The maximum Gasteiger partial charge on any atom is 0.263 e. The van der Waals surface area contributed by atoms with Crippen LogP contribution in [-0.4, -0.2) is 32.4 Å². The quantitative estimate of drug-likeness (QED) is 0.728. The molecule has 6 heteroatoms. The molecular weight excluding hydrogens is 206 g/mol. The fourth-order valence-corrected chi connectivity index (χ4v) is 2.14. The summed E-state index contributed by atoms with van der Waals surface area (Å²) in [5.41, 5.74) is 0.556. The van der Waals surface area contributed by atoms with Gasteiger partial charge in [0.1, 0.15) is 0 Å². The van der Waals surface area contributed by atoms with Gasteiger partial charge in [-0.3, -0.25) is 9.89 Å². The van der Waals surface area contributed by atoms with Crippen molar-refractivity contribution < 1.29 is 0 Å². The van der Waals surface area contributed by atoms with E-state index in [1.54, 1.807) is 10.6 Å². The number of H-pyrrole nitrogens is 1. The first kappa shape index (κ1) is 9.53. The second-order valence-electron chi connectivity index (χ2n) is 4.12. The summed E-state index contributed by atoms with van der Waals surface area (Å²) in [5.74, 6) is 0.812. The molecule has 0 radical (unpaired) electrons. The highest BCUT2D eigenvalue weighted by atomic mass is 16.1. The molecule has 0 aromatic carbocycles. The number of aromatic nitrogens is 4. The van der Waals surface area contributed by atoms with E-state index in [9.17, 15) is 4.79 Å². The Balaban J connectivity index is 1.96. The fourth-order valence-electron chi connectivity index (χ4n) is 2.14. The number of hydrogen-bond donors (Lipinski definition) is 2. The zero-order chi connectivity index (χ0) is 11.0. The molecule has 0 bridgehead atoms. The molecule has 6 nitrogen and oxygen atoms in total. The van der Waals surface area contributed by atoms with E-state index in [2.05, 4.69) is 20.6 Å². The van der Waals surface area contributed by atoms with Gasteiger partial charge in [-0.2, -0.15) is 0 Å². The van der Waals surface area contributed by atoms with Crippen molar-refractivity contribution in [3.63, 3.8) is 0 Å². The zero-order valence-electron chi connectivity index (χ0n) is 8.81. The van der Waals surface area contributed by atoms with Crippen molar-refractivity contribution in [1.82, 2.24) is 25.1 Å². The summed E-state index contributed by atoms with van der Waals surface area (Å²) < 4.78 is 1.67. The van der Waals surface area contributed by atoms with Gasteiger partial charge in [0.2, 0.25) is 0 Å². The minimum absolute atomic E-state index is 0.132. The highest BCUT2D eigenvalue weighted by Crippen LogP contribution is 2.10. The second kappa shape index (κ2) is 3.71. The molecule has 2 aromatic heterocycles. The van der Waals surface area contributed by atoms with E-state index < -0.39 is 0 Å². The zero-order valence-corrected chi connectivity index (χ0v) is 8.81. The Kier molecular flexibility index (Phi) is 2.21. The molecule has 1 aliphatic heterocycles. The van der Waals surface area contributed by atoms with Crippen LogP contribution in [0.5, 0.6) is 0 Å². The molecule has 1 aliphatic rings. The van der Waals surface area contributed by atoms with E-state index in [-0.39, 0.29) is 5.56 Å². The number of rotatable bonds is 2. The summed E-state index contributed by atoms with van der Waals surface area (Å²) in [6.07, 6.45) is 3.17. The highest BCUT2D eigenvalue weighted by molar-refractivity contribution is 5.34. The van der Waals surface area contributed by atoms with E-state index in [1.165, 1.54) is 12.5 Å². The molecule has 3 rings (SSSR count). The Bertz CT molecular complexity index is 552. The van der Waals surface area contributed by atoms with Crippen LogP contribution in [0, 0.1) is 0 Å². The SMILES string of the molecule is O=c1ccc2nnc(CC3CCCN3)n2[nH]1. The van der Waals surface area contributed by atoms with Crippen LogP contribution in [-0.2, 0) is 6.42 Å². The highest BCUT2D eigenvalue weighted by Gasteiger charge is 2.17. The van der Waals surface area contributed by atoms with Crippen molar-refractivity contribution in [2.75, 3.05) is 6.54 Å². The van der Waals surface area contributed by atoms with Crippen LogP contribution in [0.2, 0.25) is 0 Å². The second-order valence-corrected chi connectivity index (χ2v) is 4.12.